The fourth-order valence-corrected chi connectivity index (χ4v) is 3.41. The number of nitrogens with zero attached hydrogens (tertiary/aromatic N) is 6. The molecule has 0 radical (unpaired) electrons. The van der Waals surface area contributed by atoms with Gasteiger partial charge in [-0.3, -0.25) is 9.48 Å². The molecule has 1 aliphatic heterocycles. The second-order valence-corrected chi connectivity index (χ2v) is 6.85. The van der Waals surface area contributed by atoms with Crippen LogP contribution in [-0.2, 0) is 6.18 Å². The Morgan fingerprint density at radius 3 is 2.58 bits per heavy atom. The van der Waals surface area contributed by atoms with Gasteiger partial charge in [-0.1, -0.05) is 5.21 Å². The van der Waals surface area contributed by atoms with E-state index in [0.717, 1.165) is 31.7 Å². The number of hydrogen-bond acceptors (Lipinski definition) is 4. The minimum absolute atomic E-state index is 0.0408. The molecule has 1 saturated carbocycles. The van der Waals surface area contributed by atoms with Crippen molar-refractivity contribution < 1.29 is 18.0 Å². The number of amides is 1. The topological polar surface area (TPSA) is 68.8 Å². The van der Waals surface area contributed by atoms with Gasteiger partial charge in [-0.05, 0) is 32.1 Å². The lowest BCUT2D eigenvalue weighted by Gasteiger charge is -2.21. The van der Waals surface area contributed by atoms with Crippen molar-refractivity contribution >= 4 is 5.91 Å². The Balaban J connectivity index is 1.53. The quantitative estimate of drug-likeness (QED) is 0.835. The van der Waals surface area contributed by atoms with Crippen LogP contribution in [0.2, 0.25) is 0 Å². The van der Waals surface area contributed by atoms with Gasteiger partial charge in [0.15, 0.2) is 5.69 Å². The van der Waals surface area contributed by atoms with E-state index in [1.807, 2.05) is 0 Å². The van der Waals surface area contributed by atoms with Crippen molar-refractivity contribution in [2.45, 2.75) is 50.4 Å². The molecule has 26 heavy (non-hydrogen) atoms. The molecule has 2 aromatic rings. The van der Waals surface area contributed by atoms with E-state index < -0.39 is 11.9 Å². The van der Waals surface area contributed by atoms with Gasteiger partial charge in [0.25, 0.3) is 5.91 Å². The largest absolute Gasteiger partial charge is 0.435 e. The maximum absolute atomic E-state index is 13.0. The van der Waals surface area contributed by atoms with E-state index in [-0.39, 0.29) is 23.7 Å². The number of rotatable bonds is 3. The highest BCUT2D eigenvalue weighted by atomic mass is 19.4. The number of alkyl halides is 3. The Kier molecular flexibility index (Phi) is 4.20. The van der Waals surface area contributed by atoms with Gasteiger partial charge in [0.1, 0.15) is 5.69 Å². The van der Waals surface area contributed by atoms with Gasteiger partial charge in [0, 0.05) is 25.4 Å². The van der Waals surface area contributed by atoms with Crippen molar-refractivity contribution in [1.29, 1.82) is 0 Å². The maximum Gasteiger partial charge on any atom is 0.435 e. The van der Waals surface area contributed by atoms with Crippen LogP contribution in [0.1, 0.15) is 60.4 Å². The molecule has 4 rings (SSSR count). The zero-order valence-electron chi connectivity index (χ0n) is 14.1. The highest BCUT2D eigenvalue weighted by molar-refractivity contribution is 5.93. The van der Waals surface area contributed by atoms with Crippen molar-refractivity contribution in [1.82, 2.24) is 29.7 Å². The monoisotopic (exact) mass is 368 g/mol. The molecule has 1 amide bonds. The third kappa shape index (κ3) is 3.32. The SMILES string of the molecule is O=C(c1cc(C(F)(F)F)nn1C1CC1)N1CCCC(n2ccnn2)CC1. The molecule has 2 aliphatic rings. The summed E-state index contributed by atoms with van der Waals surface area (Å²) in [7, 11) is 0. The second kappa shape index (κ2) is 6.40. The molecule has 2 fully saturated rings. The van der Waals surface area contributed by atoms with Crippen LogP contribution in [0, 0.1) is 0 Å². The van der Waals surface area contributed by atoms with Crippen LogP contribution in [0.5, 0.6) is 0 Å². The highest BCUT2D eigenvalue weighted by Crippen LogP contribution is 2.38. The van der Waals surface area contributed by atoms with Crippen LogP contribution >= 0.6 is 0 Å². The summed E-state index contributed by atoms with van der Waals surface area (Å²) in [6.07, 6.45) is 2.68. The van der Waals surface area contributed by atoms with Gasteiger partial charge in [0.05, 0.1) is 18.3 Å². The Labute approximate surface area is 147 Å². The Morgan fingerprint density at radius 1 is 1.12 bits per heavy atom. The molecule has 1 unspecified atom stereocenters. The Morgan fingerprint density at radius 2 is 1.92 bits per heavy atom. The van der Waals surface area contributed by atoms with E-state index in [2.05, 4.69) is 15.4 Å². The third-order valence-electron chi connectivity index (χ3n) is 4.94. The lowest BCUT2D eigenvalue weighted by atomic mass is 10.1. The van der Waals surface area contributed by atoms with E-state index in [9.17, 15) is 18.0 Å². The normalized spacial score (nSPS) is 21.7. The fourth-order valence-electron chi connectivity index (χ4n) is 3.41. The minimum Gasteiger partial charge on any atom is -0.337 e. The average molecular weight is 368 g/mol. The first-order valence-electron chi connectivity index (χ1n) is 8.75. The summed E-state index contributed by atoms with van der Waals surface area (Å²) in [6, 6.07) is 0.940. The smallest absolute Gasteiger partial charge is 0.337 e. The van der Waals surface area contributed by atoms with Crippen LogP contribution in [-0.4, -0.2) is 48.7 Å². The molecule has 140 valence electrons. The molecule has 1 atom stereocenters. The summed E-state index contributed by atoms with van der Waals surface area (Å²) < 4.78 is 42.1. The average Bonchev–Trinajstić information content (AvgIpc) is 3.18. The lowest BCUT2D eigenvalue weighted by molar-refractivity contribution is -0.141. The summed E-state index contributed by atoms with van der Waals surface area (Å²) in [5, 5.41) is 11.5. The number of carbonyl (C=O) groups is 1. The minimum atomic E-state index is -4.55. The molecule has 2 aromatic heterocycles. The van der Waals surface area contributed by atoms with E-state index >= 15 is 0 Å². The summed E-state index contributed by atoms with van der Waals surface area (Å²) in [4.78, 5) is 14.5. The molecule has 1 saturated heterocycles. The van der Waals surface area contributed by atoms with Crippen LogP contribution in [0.15, 0.2) is 18.5 Å². The van der Waals surface area contributed by atoms with Crippen molar-refractivity contribution in [2.24, 2.45) is 0 Å². The van der Waals surface area contributed by atoms with E-state index in [1.165, 1.54) is 4.68 Å². The number of halogens is 3. The standard InChI is InChI=1S/C16H19F3N6O/c17-16(18,19)14-10-13(25(21-14)12-3-4-12)15(26)23-7-1-2-11(5-8-23)24-9-6-20-22-24/h6,9-12H,1-5,7-8H2. The molecular formula is C16H19F3N6O. The molecule has 0 bridgehead atoms. The highest BCUT2D eigenvalue weighted by Gasteiger charge is 2.39. The van der Waals surface area contributed by atoms with Crippen molar-refractivity contribution in [3.63, 3.8) is 0 Å². The second-order valence-electron chi connectivity index (χ2n) is 6.85. The first-order valence-corrected chi connectivity index (χ1v) is 8.75. The Bertz CT molecular complexity index is 781. The van der Waals surface area contributed by atoms with Crippen molar-refractivity contribution in [3.8, 4) is 0 Å². The Hall–Kier alpha value is -2.39. The van der Waals surface area contributed by atoms with E-state index in [0.29, 0.717) is 19.5 Å². The number of likely N-dealkylation sites (tertiary alicyclic amines) is 1. The van der Waals surface area contributed by atoms with Gasteiger partial charge in [-0.2, -0.15) is 18.3 Å². The number of aromatic nitrogens is 5. The summed E-state index contributed by atoms with van der Waals surface area (Å²) in [5.74, 6) is -0.376. The molecule has 0 aromatic carbocycles. The number of carbonyl (C=O) groups excluding carboxylic acids is 1. The molecular weight excluding hydrogens is 349 g/mol. The molecule has 0 spiro atoms. The summed E-state index contributed by atoms with van der Waals surface area (Å²) in [5.41, 5.74) is -0.956. The van der Waals surface area contributed by atoms with Gasteiger partial charge < -0.3 is 4.90 Å². The summed E-state index contributed by atoms with van der Waals surface area (Å²) in [6.45, 7) is 0.988. The third-order valence-corrected chi connectivity index (χ3v) is 4.94. The first kappa shape index (κ1) is 17.0. The summed E-state index contributed by atoms with van der Waals surface area (Å²) >= 11 is 0. The van der Waals surface area contributed by atoms with E-state index in [4.69, 9.17) is 0 Å². The molecule has 7 nitrogen and oxygen atoms in total. The number of hydrogen-bond donors (Lipinski definition) is 0. The van der Waals surface area contributed by atoms with E-state index in [1.54, 1.807) is 22.0 Å². The van der Waals surface area contributed by atoms with Crippen LogP contribution < -0.4 is 0 Å². The van der Waals surface area contributed by atoms with Crippen LogP contribution in [0.25, 0.3) is 0 Å². The zero-order chi connectivity index (χ0) is 18.3. The molecule has 1 aliphatic carbocycles. The predicted octanol–water partition coefficient (Wildman–Crippen LogP) is 2.70. The van der Waals surface area contributed by atoms with Crippen molar-refractivity contribution in [3.05, 3.63) is 29.8 Å². The lowest BCUT2D eigenvalue weighted by Crippen LogP contribution is -2.33. The van der Waals surface area contributed by atoms with Crippen LogP contribution in [0.4, 0.5) is 13.2 Å². The van der Waals surface area contributed by atoms with Gasteiger partial charge in [0.2, 0.25) is 0 Å². The fraction of sp³-hybridized carbons (Fsp3) is 0.625. The van der Waals surface area contributed by atoms with Gasteiger partial charge in [-0.15, -0.1) is 5.10 Å². The molecule has 0 N–H and O–H groups in total. The first-order chi connectivity index (χ1) is 12.4. The van der Waals surface area contributed by atoms with Crippen LogP contribution in [0.3, 0.4) is 0 Å². The molecule has 10 heteroatoms. The van der Waals surface area contributed by atoms with Gasteiger partial charge in [-0.25, -0.2) is 4.68 Å². The zero-order valence-corrected chi connectivity index (χ0v) is 14.1. The van der Waals surface area contributed by atoms with Gasteiger partial charge >= 0.3 is 6.18 Å². The van der Waals surface area contributed by atoms with Crippen molar-refractivity contribution in [2.75, 3.05) is 13.1 Å². The maximum atomic E-state index is 13.0. The predicted molar refractivity (Wildman–Crippen MR) is 84.3 cm³/mol. The molecule has 3 heterocycles.